The summed E-state index contributed by atoms with van der Waals surface area (Å²) in [5, 5.41) is 35.4. The highest BCUT2D eigenvalue weighted by atomic mass is 28.3. The van der Waals surface area contributed by atoms with Crippen molar-refractivity contribution in [1.82, 2.24) is 19.3 Å². The lowest BCUT2D eigenvalue weighted by atomic mass is 9.96. The largest absolute Gasteiger partial charge is 0.507 e. The average molecular weight is 755 g/mol. The summed E-state index contributed by atoms with van der Waals surface area (Å²) < 4.78 is 66.3. The number of hydrogen-bond donors (Lipinski definition) is 3. The zero-order chi connectivity index (χ0) is 38.4. The number of rotatable bonds is 17. The first kappa shape index (κ1) is 39.5. The Morgan fingerprint density at radius 3 is 2.55 bits per heavy atom. The van der Waals surface area contributed by atoms with Crippen molar-refractivity contribution < 1.29 is 47.5 Å². The maximum Gasteiger partial charge on any atom is 0.306 e. The number of aryl methyl sites for hydroxylation is 1. The molecule has 5 rings (SSSR count). The number of fused-ring (bicyclic) bond motifs is 1. The minimum absolute atomic E-state index is 0.00136. The molecule has 0 aliphatic heterocycles. The van der Waals surface area contributed by atoms with Crippen molar-refractivity contribution in [1.29, 1.82) is 0 Å². The zero-order valence-electron chi connectivity index (χ0n) is 30.4. The van der Waals surface area contributed by atoms with Crippen molar-refractivity contribution in [2.24, 2.45) is 0 Å². The van der Waals surface area contributed by atoms with Crippen LogP contribution in [0.25, 0.3) is 22.3 Å². The molecule has 2 heterocycles. The van der Waals surface area contributed by atoms with Crippen LogP contribution in [0.4, 0.5) is 13.2 Å². The Hall–Kier alpha value is -4.70. The number of aliphatic hydroxyl groups excluding tert-OH is 2. The van der Waals surface area contributed by atoms with E-state index in [1.54, 1.807) is 42.8 Å². The van der Waals surface area contributed by atoms with Crippen LogP contribution < -0.4 is 4.74 Å². The lowest BCUT2D eigenvalue weighted by Crippen LogP contribution is -2.21. The summed E-state index contributed by atoms with van der Waals surface area (Å²) in [6.45, 7) is 10.1. The standard InChI is InChI=1S/C38H45F3N4O7Si/c1-6-51-33(49)13-10-24-8-7-9-27(34(24)40)23(2)37-42-38(45(43-37)20-25(47)21-46)29-18-26(11-12-32(29)48)52-36-30(39)19-31-28(35(36)41)14-15-44(31)22-50-16-17-53(3,4)5/h7-9,11-12,14-15,18-19,23,25,46-48H,6,10,13,16-17,20-22H2,1-5H3. The van der Waals surface area contributed by atoms with Gasteiger partial charge in [-0.15, -0.1) is 0 Å². The second-order valence-electron chi connectivity index (χ2n) is 14.0. The van der Waals surface area contributed by atoms with E-state index >= 15 is 13.2 Å². The number of carbonyl (C=O) groups excluding carboxylic acids is 1. The predicted octanol–water partition coefficient (Wildman–Crippen LogP) is 7.13. The molecule has 3 aromatic carbocycles. The molecule has 0 spiro atoms. The van der Waals surface area contributed by atoms with Gasteiger partial charge in [0.15, 0.2) is 29.0 Å². The Bertz CT molecular complexity index is 2060. The van der Waals surface area contributed by atoms with Crippen LogP contribution in [0.5, 0.6) is 17.2 Å². The number of aromatic nitrogens is 4. The Kier molecular flexibility index (Phi) is 12.6. The predicted molar refractivity (Wildman–Crippen MR) is 195 cm³/mol. The van der Waals surface area contributed by atoms with Gasteiger partial charge in [-0.25, -0.2) is 22.8 Å². The third-order valence-corrected chi connectivity index (χ3v) is 10.4. The SMILES string of the molecule is CCOC(=O)CCc1cccc(C(C)c2nc(-c3cc(Oc4c(F)cc5c(ccn5COCC[Si](C)(C)C)c4F)ccc3O)n(CC(O)CO)n2)c1F. The second kappa shape index (κ2) is 17.0. The molecule has 53 heavy (non-hydrogen) atoms. The van der Waals surface area contributed by atoms with Crippen molar-refractivity contribution in [3.05, 3.63) is 89.1 Å². The summed E-state index contributed by atoms with van der Waals surface area (Å²) in [7, 11) is -1.31. The van der Waals surface area contributed by atoms with Gasteiger partial charge >= 0.3 is 5.97 Å². The van der Waals surface area contributed by atoms with Gasteiger partial charge in [0, 0.05) is 44.7 Å². The quantitative estimate of drug-likeness (QED) is 0.0514. The molecule has 0 radical (unpaired) electrons. The summed E-state index contributed by atoms with van der Waals surface area (Å²) in [5.41, 5.74) is 0.878. The van der Waals surface area contributed by atoms with E-state index in [0.717, 1.165) is 6.04 Å². The first-order valence-electron chi connectivity index (χ1n) is 17.4. The van der Waals surface area contributed by atoms with Crippen LogP contribution >= 0.6 is 0 Å². The molecule has 0 aliphatic rings. The molecule has 284 valence electrons. The van der Waals surface area contributed by atoms with Crippen molar-refractivity contribution in [3.63, 3.8) is 0 Å². The average Bonchev–Trinajstić information content (AvgIpc) is 3.72. The molecule has 15 heteroatoms. The van der Waals surface area contributed by atoms with E-state index in [2.05, 4.69) is 29.7 Å². The Morgan fingerprint density at radius 2 is 1.83 bits per heavy atom. The number of halogens is 3. The molecule has 2 atom stereocenters. The number of ether oxygens (including phenoxy) is 3. The van der Waals surface area contributed by atoms with Gasteiger partial charge in [0.1, 0.15) is 24.0 Å². The van der Waals surface area contributed by atoms with E-state index in [-0.39, 0.29) is 72.4 Å². The van der Waals surface area contributed by atoms with Crippen LogP contribution in [-0.2, 0) is 34.0 Å². The van der Waals surface area contributed by atoms with Gasteiger partial charge in [-0.1, -0.05) is 44.8 Å². The lowest BCUT2D eigenvalue weighted by Gasteiger charge is -2.16. The number of aromatic hydroxyl groups is 1. The fourth-order valence-corrected chi connectivity index (χ4v) is 6.49. The third kappa shape index (κ3) is 9.46. The molecule has 0 saturated carbocycles. The molecule has 0 saturated heterocycles. The summed E-state index contributed by atoms with van der Waals surface area (Å²) >= 11 is 0. The number of aliphatic hydroxyl groups is 2. The highest BCUT2D eigenvalue weighted by Crippen LogP contribution is 2.38. The molecule has 0 bridgehead atoms. The van der Waals surface area contributed by atoms with Crippen molar-refractivity contribution >= 4 is 24.9 Å². The number of phenols is 1. The Labute approximate surface area is 306 Å². The van der Waals surface area contributed by atoms with E-state index in [0.29, 0.717) is 17.7 Å². The van der Waals surface area contributed by atoms with E-state index in [4.69, 9.17) is 14.2 Å². The van der Waals surface area contributed by atoms with Gasteiger partial charge in [0.05, 0.1) is 36.9 Å². The van der Waals surface area contributed by atoms with E-state index in [1.807, 2.05) is 0 Å². The summed E-state index contributed by atoms with van der Waals surface area (Å²) in [6, 6.07) is 12.3. The van der Waals surface area contributed by atoms with E-state index in [9.17, 15) is 20.1 Å². The van der Waals surface area contributed by atoms with Crippen LogP contribution in [0, 0.1) is 17.5 Å². The highest BCUT2D eigenvalue weighted by Gasteiger charge is 2.26. The summed E-state index contributed by atoms with van der Waals surface area (Å²) in [6.07, 6.45) is 0.464. The first-order chi connectivity index (χ1) is 25.2. The monoisotopic (exact) mass is 754 g/mol. The molecule has 3 N–H and O–H groups in total. The molecule has 11 nitrogen and oxygen atoms in total. The highest BCUT2D eigenvalue weighted by molar-refractivity contribution is 6.76. The second-order valence-corrected chi connectivity index (χ2v) is 19.6. The normalized spacial score (nSPS) is 13.0. The van der Waals surface area contributed by atoms with Crippen molar-refractivity contribution in [2.75, 3.05) is 19.8 Å². The van der Waals surface area contributed by atoms with Crippen LogP contribution in [0.15, 0.2) is 54.7 Å². The van der Waals surface area contributed by atoms with Gasteiger partial charge in [-0.2, -0.15) is 5.10 Å². The fourth-order valence-electron chi connectivity index (χ4n) is 5.73. The molecule has 0 amide bonds. The van der Waals surface area contributed by atoms with Crippen LogP contribution in [0.2, 0.25) is 25.7 Å². The van der Waals surface area contributed by atoms with E-state index in [1.165, 1.54) is 35.0 Å². The van der Waals surface area contributed by atoms with Gasteiger partial charge < -0.3 is 34.1 Å². The summed E-state index contributed by atoms with van der Waals surface area (Å²) in [4.78, 5) is 16.5. The van der Waals surface area contributed by atoms with Gasteiger partial charge in [0.2, 0.25) is 0 Å². The molecular formula is C38H45F3N4O7Si. The van der Waals surface area contributed by atoms with Crippen LogP contribution in [-0.4, -0.2) is 74.6 Å². The molecule has 0 fully saturated rings. The smallest absolute Gasteiger partial charge is 0.306 e. The first-order valence-corrected chi connectivity index (χ1v) is 21.1. The molecule has 5 aromatic rings. The Morgan fingerprint density at radius 1 is 1.06 bits per heavy atom. The number of hydrogen-bond acceptors (Lipinski definition) is 9. The van der Waals surface area contributed by atoms with Crippen LogP contribution in [0.3, 0.4) is 0 Å². The van der Waals surface area contributed by atoms with Gasteiger partial charge in [-0.3, -0.25) is 4.79 Å². The number of benzene rings is 3. The molecule has 2 aromatic heterocycles. The number of nitrogens with zero attached hydrogens (tertiary/aromatic N) is 4. The summed E-state index contributed by atoms with van der Waals surface area (Å²) in [5.74, 6) is -4.46. The topological polar surface area (TPSA) is 141 Å². The van der Waals surface area contributed by atoms with E-state index < -0.39 is 55.9 Å². The zero-order valence-corrected chi connectivity index (χ0v) is 31.4. The van der Waals surface area contributed by atoms with Gasteiger partial charge in [-0.05, 0) is 54.8 Å². The number of esters is 1. The molecule has 0 aliphatic carbocycles. The lowest BCUT2D eigenvalue weighted by molar-refractivity contribution is -0.143. The maximum atomic E-state index is 15.8. The number of phenolic OH excluding ortho intramolecular Hbond substituents is 1. The minimum atomic E-state index is -1.31. The molecule has 2 unspecified atom stereocenters. The van der Waals surface area contributed by atoms with Crippen molar-refractivity contribution in [2.45, 2.75) is 77.7 Å². The number of carbonyl (C=O) groups is 1. The molecular weight excluding hydrogens is 710 g/mol. The fraction of sp³-hybridized carbons (Fsp3) is 0.395. The van der Waals surface area contributed by atoms with Gasteiger partial charge in [0.25, 0.3) is 0 Å². The minimum Gasteiger partial charge on any atom is -0.507 e. The van der Waals surface area contributed by atoms with Crippen molar-refractivity contribution in [3.8, 4) is 28.6 Å². The van der Waals surface area contributed by atoms with Crippen LogP contribution in [0.1, 0.15) is 43.1 Å². The maximum absolute atomic E-state index is 15.8. The third-order valence-electron chi connectivity index (χ3n) is 8.73. The Balaban J connectivity index is 1.44.